The molecule has 1 rings (SSSR count). The average molecular weight is 198 g/mol. The fraction of sp³-hybridized carbons (Fsp3) is 0. The molecule has 0 radical (unpaired) electrons. The third kappa shape index (κ3) is 1.83. The van der Waals surface area contributed by atoms with E-state index in [1.165, 1.54) is 6.33 Å². The van der Waals surface area contributed by atoms with Crippen LogP contribution in [0.3, 0.4) is 0 Å². The van der Waals surface area contributed by atoms with E-state index in [1.807, 2.05) is 0 Å². The zero-order chi connectivity index (χ0) is 6.85. The first-order chi connectivity index (χ1) is 4.22. The molecule has 6 heteroatoms. The highest BCUT2D eigenvalue weighted by Gasteiger charge is 1.94. The minimum Gasteiger partial charge on any atom is -0.394 e. The Labute approximate surface area is 74.0 Å². The number of aromatic amines is 1. The molecule has 0 bridgehead atoms. The fourth-order valence-electron chi connectivity index (χ4n) is 0.389. The molecule has 10 heavy (non-hydrogen) atoms. The lowest BCUT2D eigenvalue weighted by Gasteiger charge is -1.92. The Balaban J connectivity index is 0.000000810. The van der Waals surface area contributed by atoms with Gasteiger partial charge in [0.2, 0.25) is 0 Å². The Morgan fingerprint density at radius 3 is 2.70 bits per heavy atom. The van der Waals surface area contributed by atoms with Crippen LogP contribution in [0.2, 0.25) is 5.15 Å². The maximum atomic E-state index is 5.53. The van der Waals surface area contributed by atoms with Crippen molar-refractivity contribution in [2.45, 2.75) is 0 Å². The number of nitrogens with zero attached hydrogens (tertiary/aromatic N) is 1. The molecule has 0 aliphatic heterocycles. The number of halogens is 2. The molecule has 0 aromatic carbocycles. The van der Waals surface area contributed by atoms with Gasteiger partial charge < -0.3 is 10.7 Å². The minimum atomic E-state index is 0. The second-order valence-corrected chi connectivity index (χ2v) is 2.20. The van der Waals surface area contributed by atoms with Crippen LogP contribution in [0, 0.1) is 4.64 Å². The smallest absolute Gasteiger partial charge is 0.153 e. The van der Waals surface area contributed by atoms with Gasteiger partial charge in [-0.25, -0.2) is 4.98 Å². The predicted octanol–water partition coefficient (Wildman–Crippen LogP) is 1.80. The molecule has 1 aromatic heterocycles. The van der Waals surface area contributed by atoms with E-state index in [1.54, 1.807) is 0 Å². The van der Waals surface area contributed by atoms with E-state index in [-0.39, 0.29) is 12.4 Å². The van der Waals surface area contributed by atoms with Crippen LogP contribution in [0.15, 0.2) is 6.33 Å². The van der Waals surface area contributed by atoms with Crippen molar-refractivity contribution in [3.05, 3.63) is 16.1 Å². The average Bonchev–Trinajstić information content (AvgIpc) is 1.83. The normalized spacial score (nSPS) is 8.50. The zero-order valence-electron chi connectivity index (χ0n) is 4.80. The first kappa shape index (κ1) is 9.68. The molecule has 0 aliphatic rings. The zero-order valence-corrected chi connectivity index (χ0v) is 7.19. The summed E-state index contributed by atoms with van der Waals surface area (Å²) in [5, 5.41) is 0.343. The van der Waals surface area contributed by atoms with Gasteiger partial charge in [-0.1, -0.05) is 23.8 Å². The summed E-state index contributed by atoms with van der Waals surface area (Å²) < 4.78 is 0.332. The molecular weight excluding hydrogens is 193 g/mol. The maximum Gasteiger partial charge on any atom is 0.153 e. The van der Waals surface area contributed by atoms with Gasteiger partial charge >= 0.3 is 0 Å². The second kappa shape index (κ2) is 3.75. The number of nitrogen functional groups attached to an aromatic ring is 1. The molecule has 1 aromatic rings. The Morgan fingerprint density at radius 2 is 2.30 bits per heavy atom. The first-order valence-corrected chi connectivity index (χ1v) is 2.99. The van der Waals surface area contributed by atoms with Gasteiger partial charge in [0.05, 0.1) is 6.33 Å². The highest BCUT2D eigenvalue weighted by Crippen LogP contribution is 2.12. The maximum absolute atomic E-state index is 5.53. The molecular formula is C4H5Cl2N3S. The molecule has 1 heterocycles. The Morgan fingerprint density at radius 1 is 1.70 bits per heavy atom. The SMILES string of the molecule is Cl.Nc1c(Cl)[nH]cnc1=S. The molecule has 0 fully saturated rings. The largest absolute Gasteiger partial charge is 0.394 e. The summed E-state index contributed by atoms with van der Waals surface area (Å²) in [7, 11) is 0. The van der Waals surface area contributed by atoms with Crippen molar-refractivity contribution in [1.29, 1.82) is 0 Å². The second-order valence-electron chi connectivity index (χ2n) is 1.44. The van der Waals surface area contributed by atoms with E-state index in [0.29, 0.717) is 15.5 Å². The van der Waals surface area contributed by atoms with E-state index in [2.05, 4.69) is 9.97 Å². The number of nitrogens with one attached hydrogen (secondary N) is 1. The Bertz CT molecular complexity index is 271. The monoisotopic (exact) mass is 197 g/mol. The van der Waals surface area contributed by atoms with Crippen molar-refractivity contribution < 1.29 is 0 Å². The van der Waals surface area contributed by atoms with E-state index in [4.69, 9.17) is 29.6 Å². The number of hydrogen-bond acceptors (Lipinski definition) is 3. The number of H-pyrrole nitrogens is 1. The van der Waals surface area contributed by atoms with Crippen molar-refractivity contribution in [1.82, 2.24) is 9.97 Å². The van der Waals surface area contributed by atoms with Crippen LogP contribution in [0.5, 0.6) is 0 Å². The highest BCUT2D eigenvalue weighted by atomic mass is 35.5. The summed E-state index contributed by atoms with van der Waals surface area (Å²) in [6, 6.07) is 0. The van der Waals surface area contributed by atoms with Crippen molar-refractivity contribution >= 4 is 41.9 Å². The van der Waals surface area contributed by atoms with Gasteiger partial charge in [0.25, 0.3) is 0 Å². The lowest BCUT2D eigenvalue weighted by atomic mass is 10.6. The predicted molar refractivity (Wildman–Crippen MR) is 46.1 cm³/mol. The van der Waals surface area contributed by atoms with Crippen LogP contribution in [0.25, 0.3) is 0 Å². The van der Waals surface area contributed by atoms with Gasteiger partial charge in [-0.3, -0.25) is 0 Å². The summed E-state index contributed by atoms with van der Waals surface area (Å²) in [5.41, 5.74) is 5.68. The van der Waals surface area contributed by atoms with Crippen LogP contribution < -0.4 is 5.73 Å². The number of hydrogen-bond donors (Lipinski definition) is 2. The van der Waals surface area contributed by atoms with Crippen LogP contribution >= 0.6 is 36.2 Å². The number of aromatic nitrogens is 2. The number of nitrogens with two attached hydrogens (primary N) is 1. The van der Waals surface area contributed by atoms with Crippen LogP contribution in [0.1, 0.15) is 0 Å². The molecule has 3 nitrogen and oxygen atoms in total. The summed E-state index contributed by atoms with van der Waals surface area (Å²) in [6.07, 6.45) is 1.40. The molecule has 0 aliphatic carbocycles. The third-order valence-electron chi connectivity index (χ3n) is 0.840. The van der Waals surface area contributed by atoms with Gasteiger partial charge in [0, 0.05) is 0 Å². The van der Waals surface area contributed by atoms with E-state index in [0.717, 1.165) is 0 Å². The number of anilines is 1. The number of rotatable bonds is 0. The third-order valence-corrected chi connectivity index (χ3v) is 1.48. The van der Waals surface area contributed by atoms with Gasteiger partial charge in [-0.05, 0) is 0 Å². The van der Waals surface area contributed by atoms with Crippen molar-refractivity contribution in [2.75, 3.05) is 5.73 Å². The van der Waals surface area contributed by atoms with Crippen LogP contribution in [0.4, 0.5) is 5.69 Å². The molecule has 0 amide bonds. The van der Waals surface area contributed by atoms with E-state index in [9.17, 15) is 0 Å². The highest BCUT2D eigenvalue weighted by molar-refractivity contribution is 7.71. The van der Waals surface area contributed by atoms with Gasteiger partial charge in [-0.15, -0.1) is 12.4 Å². The van der Waals surface area contributed by atoms with Crippen LogP contribution in [-0.4, -0.2) is 9.97 Å². The van der Waals surface area contributed by atoms with Crippen molar-refractivity contribution in [2.24, 2.45) is 0 Å². The Hall–Kier alpha value is -0.320. The molecule has 0 saturated carbocycles. The minimum absolute atomic E-state index is 0. The van der Waals surface area contributed by atoms with Gasteiger partial charge in [0.1, 0.15) is 10.8 Å². The van der Waals surface area contributed by atoms with Crippen LogP contribution in [-0.2, 0) is 0 Å². The molecule has 0 unspecified atom stereocenters. The first-order valence-electron chi connectivity index (χ1n) is 2.20. The lowest BCUT2D eigenvalue weighted by Crippen LogP contribution is -1.91. The molecule has 3 N–H and O–H groups in total. The fourth-order valence-corrected chi connectivity index (χ4v) is 0.738. The molecule has 56 valence electrons. The molecule has 0 atom stereocenters. The Kier molecular flexibility index (Phi) is 3.63. The summed E-state index contributed by atoms with van der Waals surface area (Å²) >= 11 is 10.2. The standard InChI is InChI=1S/C4H4ClN3S.ClH/c5-3-2(6)4(9)8-1-7-3;/h1H,6H2,(H,7,8,9);1H. The lowest BCUT2D eigenvalue weighted by molar-refractivity contribution is 1.16. The van der Waals surface area contributed by atoms with Crippen molar-refractivity contribution in [3.63, 3.8) is 0 Å². The van der Waals surface area contributed by atoms with E-state index < -0.39 is 0 Å². The van der Waals surface area contributed by atoms with E-state index >= 15 is 0 Å². The topological polar surface area (TPSA) is 54.7 Å². The van der Waals surface area contributed by atoms with Gasteiger partial charge in [-0.2, -0.15) is 0 Å². The molecule has 0 saturated heterocycles. The van der Waals surface area contributed by atoms with Crippen molar-refractivity contribution in [3.8, 4) is 0 Å². The van der Waals surface area contributed by atoms with Gasteiger partial charge in [0.15, 0.2) is 4.64 Å². The molecule has 0 spiro atoms. The summed E-state index contributed by atoms with van der Waals surface area (Å²) in [5.74, 6) is 0. The quantitative estimate of drug-likeness (QED) is 0.493. The summed E-state index contributed by atoms with van der Waals surface area (Å²) in [6.45, 7) is 0. The summed E-state index contributed by atoms with van der Waals surface area (Å²) in [4.78, 5) is 6.29.